The number of fused-ring (bicyclic) bond motifs is 3. The van der Waals surface area contributed by atoms with Gasteiger partial charge in [0.2, 0.25) is 0 Å². The van der Waals surface area contributed by atoms with Gasteiger partial charge in [0.15, 0.2) is 0 Å². The quantitative estimate of drug-likeness (QED) is 0.796. The molecule has 2 atom stereocenters. The molecule has 0 bridgehead atoms. The van der Waals surface area contributed by atoms with Crippen molar-refractivity contribution in [2.24, 2.45) is 0 Å². The molecule has 3 rings (SSSR count). The summed E-state index contributed by atoms with van der Waals surface area (Å²) in [6.45, 7) is 0.255. The number of carbonyl (C=O) groups is 1. The van der Waals surface area contributed by atoms with Crippen molar-refractivity contribution in [3.63, 3.8) is 0 Å². The first kappa shape index (κ1) is 12.5. The number of hydrogen-bond donors (Lipinski definition) is 1. The summed E-state index contributed by atoms with van der Waals surface area (Å²) in [5.74, 6) is -0.929. The van der Waals surface area contributed by atoms with Crippen LogP contribution in [0.4, 0.5) is 13.2 Å². The van der Waals surface area contributed by atoms with Gasteiger partial charge in [0.1, 0.15) is 5.54 Å². The van der Waals surface area contributed by atoms with E-state index in [1.165, 1.54) is 13.2 Å². The largest absolute Gasteiger partial charge is 0.468 e. The Bertz CT molecular complexity index is 555. The molecule has 1 heterocycles. The molecular weight excluding hydrogens is 259 g/mol. The zero-order valence-corrected chi connectivity index (χ0v) is 10.2. The summed E-state index contributed by atoms with van der Waals surface area (Å²) in [6, 6.07) is 4.14. The van der Waals surface area contributed by atoms with Crippen LogP contribution in [0, 0.1) is 0 Å². The van der Waals surface area contributed by atoms with Gasteiger partial charge < -0.3 is 4.74 Å². The van der Waals surface area contributed by atoms with E-state index in [0.29, 0.717) is 12.0 Å². The van der Waals surface area contributed by atoms with E-state index in [4.69, 9.17) is 4.74 Å². The van der Waals surface area contributed by atoms with Crippen molar-refractivity contribution < 1.29 is 22.7 Å². The van der Waals surface area contributed by atoms with E-state index >= 15 is 0 Å². The van der Waals surface area contributed by atoms with Crippen LogP contribution < -0.4 is 5.32 Å². The highest BCUT2D eigenvalue weighted by atomic mass is 19.4. The number of methoxy groups -OCH3 is 1. The Hall–Kier alpha value is -1.56. The second kappa shape index (κ2) is 3.72. The van der Waals surface area contributed by atoms with Crippen molar-refractivity contribution >= 4 is 5.97 Å². The average Bonchev–Trinajstić information content (AvgIpc) is 3.12. The van der Waals surface area contributed by atoms with E-state index in [1.54, 1.807) is 6.07 Å². The fourth-order valence-electron chi connectivity index (χ4n) is 2.97. The summed E-state index contributed by atoms with van der Waals surface area (Å²) in [5, 5.41) is 3.01. The van der Waals surface area contributed by atoms with Gasteiger partial charge in [-0.25, -0.2) is 0 Å². The molecule has 1 aliphatic heterocycles. The topological polar surface area (TPSA) is 38.3 Å². The molecule has 1 aromatic carbocycles. The number of nitrogens with one attached hydrogen (secondary N) is 1. The van der Waals surface area contributed by atoms with Gasteiger partial charge in [-0.2, -0.15) is 13.2 Å². The summed E-state index contributed by atoms with van der Waals surface area (Å²) in [6.07, 6.45) is -4.03. The van der Waals surface area contributed by atoms with Crippen molar-refractivity contribution in [3.8, 4) is 0 Å². The standard InChI is InChI=1S/C13H12F3NO2/c1-19-11(18)12-5-9(12)10-7(6-17-12)3-2-4-8(10)13(14,15)16/h2-4,9,17H,5-6H2,1H3/t9-,12-/m0/s1. The molecule has 6 heteroatoms. The smallest absolute Gasteiger partial charge is 0.416 e. The van der Waals surface area contributed by atoms with Crippen LogP contribution in [0.25, 0.3) is 0 Å². The molecule has 102 valence electrons. The lowest BCUT2D eigenvalue weighted by molar-refractivity contribution is -0.145. The predicted molar refractivity (Wildman–Crippen MR) is 60.4 cm³/mol. The van der Waals surface area contributed by atoms with Gasteiger partial charge in [-0.3, -0.25) is 10.1 Å². The maximum absolute atomic E-state index is 13.0. The highest BCUT2D eigenvalue weighted by Crippen LogP contribution is 2.58. The molecule has 1 saturated carbocycles. The molecule has 1 aromatic rings. The number of benzene rings is 1. The second-order valence-electron chi connectivity index (χ2n) is 4.95. The molecule has 1 N–H and O–H groups in total. The number of esters is 1. The second-order valence-corrected chi connectivity index (χ2v) is 4.95. The maximum atomic E-state index is 13.0. The predicted octanol–water partition coefficient (Wildman–Crippen LogP) is 2.21. The number of halogens is 3. The Balaban J connectivity index is 2.08. The molecular formula is C13H12F3NO2. The van der Waals surface area contributed by atoms with Crippen molar-refractivity contribution in [1.82, 2.24) is 5.32 Å². The molecule has 1 fully saturated rings. The molecule has 1 aliphatic carbocycles. The molecule has 0 unspecified atom stereocenters. The SMILES string of the molecule is COC(=O)[C@]12C[C@H]1c1c(cccc1C(F)(F)F)CN2. The van der Waals surface area contributed by atoms with Crippen LogP contribution >= 0.6 is 0 Å². The van der Waals surface area contributed by atoms with E-state index in [0.717, 1.165) is 6.07 Å². The van der Waals surface area contributed by atoms with Gasteiger partial charge in [0.25, 0.3) is 0 Å². The van der Waals surface area contributed by atoms with Crippen LogP contribution in [0.15, 0.2) is 18.2 Å². The lowest BCUT2D eigenvalue weighted by atomic mass is 9.91. The first-order valence-corrected chi connectivity index (χ1v) is 5.92. The molecule has 0 spiro atoms. The van der Waals surface area contributed by atoms with Gasteiger partial charge in [0, 0.05) is 12.5 Å². The van der Waals surface area contributed by atoms with Crippen molar-refractivity contribution in [2.45, 2.75) is 30.6 Å². The van der Waals surface area contributed by atoms with Crippen molar-refractivity contribution in [3.05, 3.63) is 34.9 Å². The van der Waals surface area contributed by atoms with Gasteiger partial charge in [-0.1, -0.05) is 12.1 Å². The van der Waals surface area contributed by atoms with E-state index in [-0.39, 0.29) is 12.1 Å². The minimum Gasteiger partial charge on any atom is -0.468 e. The van der Waals surface area contributed by atoms with Crippen molar-refractivity contribution in [2.75, 3.05) is 7.11 Å². The first-order valence-electron chi connectivity index (χ1n) is 5.92. The number of rotatable bonds is 1. The third-order valence-electron chi connectivity index (χ3n) is 3.96. The third kappa shape index (κ3) is 1.66. The van der Waals surface area contributed by atoms with Crippen LogP contribution in [0.3, 0.4) is 0 Å². The van der Waals surface area contributed by atoms with Crippen molar-refractivity contribution in [1.29, 1.82) is 0 Å². The summed E-state index contributed by atoms with van der Waals surface area (Å²) in [5.41, 5.74) is -0.735. The summed E-state index contributed by atoms with van der Waals surface area (Å²) < 4.78 is 43.8. The summed E-state index contributed by atoms with van der Waals surface area (Å²) >= 11 is 0. The molecule has 3 nitrogen and oxygen atoms in total. The zero-order valence-electron chi connectivity index (χ0n) is 10.2. The highest BCUT2D eigenvalue weighted by molar-refractivity contribution is 5.88. The minimum absolute atomic E-state index is 0.249. The Kier molecular flexibility index (Phi) is 2.44. The molecule has 0 aromatic heterocycles. The van der Waals surface area contributed by atoms with Crippen LogP contribution in [0.1, 0.15) is 29.0 Å². The zero-order chi connectivity index (χ0) is 13.8. The first-order chi connectivity index (χ1) is 8.90. The third-order valence-corrected chi connectivity index (χ3v) is 3.96. The Labute approximate surface area is 107 Å². The monoisotopic (exact) mass is 271 g/mol. The van der Waals surface area contributed by atoms with Gasteiger partial charge in [-0.05, 0) is 23.6 Å². The lowest BCUT2D eigenvalue weighted by Crippen LogP contribution is -2.44. The minimum atomic E-state index is -4.40. The Morgan fingerprint density at radius 3 is 2.84 bits per heavy atom. The summed E-state index contributed by atoms with van der Waals surface area (Å²) in [4.78, 5) is 11.7. The number of ether oxygens (including phenoxy) is 1. The van der Waals surface area contributed by atoms with Crippen LogP contribution in [-0.4, -0.2) is 18.6 Å². The Morgan fingerprint density at radius 1 is 1.47 bits per heavy atom. The average molecular weight is 271 g/mol. The van der Waals surface area contributed by atoms with Crippen LogP contribution in [-0.2, 0) is 22.3 Å². The maximum Gasteiger partial charge on any atom is 0.416 e. The fourth-order valence-corrected chi connectivity index (χ4v) is 2.97. The van der Waals surface area contributed by atoms with E-state index < -0.39 is 29.2 Å². The number of alkyl halides is 3. The highest BCUT2D eigenvalue weighted by Gasteiger charge is 2.65. The van der Waals surface area contributed by atoms with Gasteiger partial charge in [0.05, 0.1) is 12.7 Å². The molecule has 0 amide bonds. The van der Waals surface area contributed by atoms with E-state index in [2.05, 4.69) is 5.32 Å². The van der Waals surface area contributed by atoms with Crippen LogP contribution in [0.5, 0.6) is 0 Å². The van der Waals surface area contributed by atoms with Crippen LogP contribution in [0.2, 0.25) is 0 Å². The number of hydrogen-bond acceptors (Lipinski definition) is 3. The van der Waals surface area contributed by atoms with E-state index in [9.17, 15) is 18.0 Å². The molecule has 0 radical (unpaired) electrons. The Morgan fingerprint density at radius 2 is 2.21 bits per heavy atom. The van der Waals surface area contributed by atoms with E-state index in [1.807, 2.05) is 0 Å². The molecule has 19 heavy (non-hydrogen) atoms. The summed E-state index contributed by atoms with van der Waals surface area (Å²) in [7, 11) is 1.25. The van der Waals surface area contributed by atoms with Gasteiger partial charge in [-0.15, -0.1) is 0 Å². The van der Waals surface area contributed by atoms with Gasteiger partial charge >= 0.3 is 12.1 Å². The normalized spacial score (nSPS) is 28.3. The lowest BCUT2D eigenvalue weighted by Gasteiger charge is -2.26. The molecule has 0 saturated heterocycles. The fraction of sp³-hybridized carbons (Fsp3) is 0.462. The molecule has 2 aliphatic rings. The number of carbonyl (C=O) groups excluding carboxylic acids is 1.